The van der Waals surface area contributed by atoms with Crippen LogP contribution in [-0.2, 0) is 13.0 Å². The van der Waals surface area contributed by atoms with Gasteiger partial charge in [0.05, 0.1) is 17.8 Å². The first-order valence-electron chi connectivity index (χ1n) is 11.2. The predicted octanol–water partition coefficient (Wildman–Crippen LogP) is 3.75. The number of benzene rings is 2. The van der Waals surface area contributed by atoms with E-state index in [-0.39, 0.29) is 11.7 Å². The molecule has 0 aliphatic carbocycles. The average Bonchev–Trinajstić information content (AvgIpc) is 3.41. The normalized spacial score (nSPS) is 10.7. The average molecular weight is 454 g/mol. The van der Waals surface area contributed by atoms with Gasteiger partial charge in [-0.3, -0.25) is 14.6 Å². The summed E-state index contributed by atoms with van der Waals surface area (Å²) in [7, 11) is 0. The summed E-state index contributed by atoms with van der Waals surface area (Å²) >= 11 is 0. The van der Waals surface area contributed by atoms with Gasteiger partial charge in [0.1, 0.15) is 17.3 Å². The Morgan fingerprint density at radius 2 is 1.79 bits per heavy atom. The number of nitriles is 1. The molecule has 0 aliphatic rings. The van der Waals surface area contributed by atoms with Crippen LogP contribution in [0.1, 0.15) is 44.7 Å². The van der Waals surface area contributed by atoms with Gasteiger partial charge in [-0.1, -0.05) is 59.7 Å². The molecule has 0 radical (unpaired) electrons. The highest BCUT2D eigenvalue weighted by Gasteiger charge is 2.18. The molecule has 4 N–H and O–H groups in total. The van der Waals surface area contributed by atoms with Gasteiger partial charge in [0.2, 0.25) is 0 Å². The topological polar surface area (TPSA) is 125 Å². The van der Waals surface area contributed by atoms with Gasteiger partial charge in [0, 0.05) is 18.3 Å². The molecular formula is C26H27N7O. The lowest BCUT2D eigenvalue weighted by Gasteiger charge is -2.06. The van der Waals surface area contributed by atoms with E-state index >= 15 is 0 Å². The van der Waals surface area contributed by atoms with Crippen LogP contribution in [0.15, 0.2) is 54.7 Å². The Kier molecular flexibility index (Phi) is 6.74. The molecule has 2 heterocycles. The number of amides is 1. The number of aromatic nitrogens is 4. The second-order valence-corrected chi connectivity index (χ2v) is 8.37. The van der Waals surface area contributed by atoms with E-state index in [0.29, 0.717) is 48.4 Å². The summed E-state index contributed by atoms with van der Waals surface area (Å²) in [4.78, 5) is 13.1. The highest BCUT2D eigenvalue weighted by atomic mass is 16.1. The van der Waals surface area contributed by atoms with Crippen LogP contribution in [-0.4, -0.2) is 32.4 Å². The molecule has 0 saturated carbocycles. The highest BCUT2D eigenvalue weighted by molar-refractivity contribution is 5.99. The first-order chi connectivity index (χ1) is 16.4. The van der Waals surface area contributed by atoms with Crippen LogP contribution in [0.25, 0.3) is 11.3 Å². The van der Waals surface area contributed by atoms with Gasteiger partial charge in [0.25, 0.3) is 5.91 Å². The van der Waals surface area contributed by atoms with E-state index in [1.807, 2.05) is 31.2 Å². The third kappa shape index (κ3) is 5.15. The molecule has 0 aliphatic heterocycles. The quantitative estimate of drug-likeness (QED) is 0.350. The summed E-state index contributed by atoms with van der Waals surface area (Å²) in [6.45, 7) is 5.10. The number of hydrogen-bond acceptors (Lipinski definition) is 5. The second kappa shape index (κ2) is 10.0. The Bertz CT molecular complexity index is 1330. The maximum Gasteiger partial charge on any atom is 0.255 e. The minimum Gasteiger partial charge on any atom is -0.381 e. The van der Waals surface area contributed by atoms with Crippen molar-refractivity contribution in [1.82, 2.24) is 25.3 Å². The van der Waals surface area contributed by atoms with E-state index < -0.39 is 0 Å². The number of carbonyl (C=O) groups excluding carboxylic acids is 1. The van der Waals surface area contributed by atoms with Crippen molar-refractivity contribution in [2.75, 3.05) is 12.3 Å². The molecule has 0 spiro atoms. The Morgan fingerprint density at radius 1 is 1.12 bits per heavy atom. The molecule has 8 nitrogen and oxygen atoms in total. The van der Waals surface area contributed by atoms with Crippen molar-refractivity contribution >= 4 is 11.7 Å². The summed E-state index contributed by atoms with van der Waals surface area (Å²) in [5, 5.41) is 23.6. The number of H-pyrrole nitrogens is 1. The standard InChI is InChI=1S/C26H27N7O/c1-17-5-9-19(10-6-17)15-33-16-22(24(32-33)20-11-7-18(2)8-12-20)26(34)29-13-3-4-23-21(14-27)25(28)31-30-23/h5-12,16H,3-4,13,15H2,1-2H3,(H,29,34)(H3,28,30,31). The molecule has 2 aromatic carbocycles. The van der Waals surface area contributed by atoms with Gasteiger partial charge in [-0.15, -0.1) is 0 Å². The zero-order valence-corrected chi connectivity index (χ0v) is 19.3. The lowest BCUT2D eigenvalue weighted by molar-refractivity contribution is 0.0953. The van der Waals surface area contributed by atoms with Crippen molar-refractivity contribution in [1.29, 1.82) is 5.26 Å². The Morgan fingerprint density at radius 3 is 2.47 bits per heavy atom. The Hall–Kier alpha value is -4.38. The zero-order chi connectivity index (χ0) is 24.1. The van der Waals surface area contributed by atoms with Crippen molar-refractivity contribution < 1.29 is 4.79 Å². The minimum atomic E-state index is -0.185. The van der Waals surface area contributed by atoms with Crippen LogP contribution < -0.4 is 11.1 Å². The molecular weight excluding hydrogens is 426 g/mol. The number of anilines is 1. The van der Waals surface area contributed by atoms with Gasteiger partial charge in [-0.05, 0) is 32.3 Å². The lowest BCUT2D eigenvalue weighted by atomic mass is 10.1. The largest absolute Gasteiger partial charge is 0.381 e. The van der Waals surface area contributed by atoms with Crippen LogP contribution in [0.5, 0.6) is 0 Å². The molecule has 2 aromatic heterocycles. The number of nitrogens with two attached hydrogens (primary N) is 1. The van der Waals surface area contributed by atoms with Crippen LogP contribution >= 0.6 is 0 Å². The molecule has 8 heteroatoms. The molecule has 4 aromatic rings. The molecule has 0 fully saturated rings. The van der Waals surface area contributed by atoms with E-state index in [0.717, 1.165) is 16.7 Å². The van der Waals surface area contributed by atoms with Gasteiger partial charge in [-0.25, -0.2) is 0 Å². The lowest BCUT2D eigenvalue weighted by Crippen LogP contribution is -2.25. The Labute approximate surface area is 198 Å². The summed E-state index contributed by atoms with van der Waals surface area (Å²) < 4.78 is 1.81. The van der Waals surface area contributed by atoms with Crippen LogP contribution in [0.3, 0.4) is 0 Å². The third-order valence-electron chi connectivity index (χ3n) is 5.67. The van der Waals surface area contributed by atoms with E-state index in [1.54, 1.807) is 10.9 Å². The second-order valence-electron chi connectivity index (χ2n) is 8.37. The molecule has 0 unspecified atom stereocenters. The molecule has 34 heavy (non-hydrogen) atoms. The molecule has 0 atom stereocenters. The number of hydrogen-bond donors (Lipinski definition) is 3. The number of nitrogens with one attached hydrogen (secondary N) is 2. The first-order valence-corrected chi connectivity index (χ1v) is 11.2. The monoisotopic (exact) mass is 453 g/mol. The highest BCUT2D eigenvalue weighted by Crippen LogP contribution is 2.23. The fourth-order valence-corrected chi connectivity index (χ4v) is 3.74. The first kappa shape index (κ1) is 22.8. The van der Waals surface area contributed by atoms with E-state index in [9.17, 15) is 10.1 Å². The molecule has 4 rings (SSSR count). The maximum absolute atomic E-state index is 13.1. The Balaban J connectivity index is 1.49. The molecule has 172 valence electrons. The van der Waals surface area contributed by atoms with Crippen LogP contribution in [0.2, 0.25) is 0 Å². The number of carbonyl (C=O) groups is 1. The third-order valence-corrected chi connectivity index (χ3v) is 5.67. The van der Waals surface area contributed by atoms with Gasteiger partial charge >= 0.3 is 0 Å². The molecule has 1 amide bonds. The van der Waals surface area contributed by atoms with Crippen molar-refractivity contribution in [3.63, 3.8) is 0 Å². The van der Waals surface area contributed by atoms with Crippen LogP contribution in [0.4, 0.5) is 5.82 Å². The molecule has 0 bridgehead atoms. The maximum atomic E-state index is 13.1. The number of aromatic amines is 1. The van der Waals surface area contributed by atoms with Crippen molar-refractivity contribution in [2.45, 2.75) is 33.2 Å². The van der Waals surface area contributed by atoms with Crippen molar-refractivity contribution in [2.24, 2.45) is 0 Å². The number of aryl methyl sites for hydroxylation is 3. The van der Waals surface area contributed by atoms with Crippen LogP contribution in [0, 0.1) is 25.2 Å². The SMILES string of the molecule is Cc1ccc(Cn2cc(C(=O)NCCCc3[nH]nc(N)c3C#N)c(-c3ccc(C)cc3)n2)cc1. The summed E-state index contributed by atoms with van der Waals surface area (Å²) in [5.74, 6) is 0.0145. The van der Waals surface area contributed by atoms with Crippen molar-refractivity contribution in [3.05, 3.63) is 88.2 Å². The smallest absolute Gasteiger partial charge is 0.255 e. The predicted molar refractivity (Wildman–Crippen MR) is 131 cm³/mol. The van der Waals surface area contributed by atoms with E-state index in [2.05, 4.69) is 52.8 Å². The van der Waals surface area contributed by atoms with Crippen molar-refractivity contribution in [3.8, 4) is 17.3 Å². The summed E-state index contributed by atoms with van der Waals surface area (Å²) in [6.07, 6.45) is 3.00. The summed E-state index contributed by atoms with van der Waals surface area (Å²) in [6, 6.07) is 18.3. The minimum absolute atomic E-state index is 0.185. The van der Waals surface area contributed by atoms with E-state index in [1.165, 1.54) is 5.56 Å². The zero-order valence-electron chi connectivity index (χ0n) is 19.3. The van der Waals surface area contributed by atoms with E-state index in [4.69, 9.17) is 10.8 Å². The number of nitrogen functional groups attached to an aromatic ring is 1. The fraction of sp³-hybridized carbons (Fsp3) is 0.231. The number of rotatable bonds is 8. The fourth-order valence-electron chi connectivity index (χ4n) is 3.74. The summed E-state index contributed by atoms with van der Waals surface area (Å²) in [5.41, 5.74) is 12.3. The van der Waals surface area contributed by atoms with Gasteiger partial charge < -0.3 is 11.1 Å². The molecule has 0 saturated heterocycles. The van der Waals surface area contributed by atoms with Gasteiger partial charge in [-0.2, -0.15) is 15.5 Å². The van der Waals surface area contributed by atoms with Gasteiger partial charge in [0.15, 0.2) is 5.82 Å². The number of nitrogens with zero attached hydrogens (tertiary/aromatic N) is 4.